The van der Waals surface area contributed by atoms with Gasteiger partial charge in [-0.15, -0.1) is 0 Å². The molecule has 0 aliphatic rings. The molecule has 1 aromatic carbocycles. The van der Waals surface area contributed by atoms with Crippen LogP contribution in [0, 0.1) is 6.92 Å². The van der Waals surface area contributed by atoms with Gasteiger partial charge in [-0.3, -0.25) is 10.00 Å². The van der Waals surface area contributed by atoms with Crippen LogP contribution in [0.3, 0.4) is 0 Å². The topological polar surface area (TPSA) is 57.9 Å². The molecule has 0 atom stereocenters. The zero-order valence-electron chi connectivity index (χ0n) is 11.5. The van der Waals surface area contributed by atoms with Crippen molar-refractivity contribution in [2.24, 2.45) is 5.73 Å². The van der Waals surface area contributed by atoms with E-state index in [-0.39, 0.29) is 0 Å². The summed E-state index contributed by atoms with van der Waals surface area (Å²) < 4.78 is 0. The molecule has 2 rings (SSSR count). The lowest BCUT2D eigenvalue weighted by Gasteiger charge is -2.21. The summed E-state index contributed by atoms with van der Waals surface area (Å²) >= 11 is 0. The monoisotopic (exact) mass is 258 g/mol. The molecule has 1 heterocycles. The Bertz CT molecular complexity index is 478. The number of nitrogens with two attached hydrogens (primary N) is 1. The van der Waals surface area contributed by atoms with Gasteiger partial charge in [0.05, 0.1) is 6.20 Å². The molecule has 3 N–H and O–H groups in total. The minimum absolute atomic E-state index is 0.686. The summed E-state index contributed by atoms with van der Waals surface area (Å²) in [6.07, 6.45) is 2.96. The van der Waals surface area contributed by atoms with Gasteiger partial charge in [0.2, 0.25) is 0 Å². The van der Waals surface area contributed by atoms with Crippen molar-refractivity contribution in [3.05, 3.63) is 53.3 Å². The molecule has 0 bridgehead atoms. The second-order valence-electron chi connectivity index (χ2n) is 4.82. The Hall–Kier alpha value is -1.65. The van der Waals surface area contributed by atoms with Crippen molar-refractivity contribution in [3.63, 3.8) is 0 Å². The van der Waals surface area contributed by atoms with Crippen LogP contribution < -0.4 is 5.73 Å². The third kappa shape index (κ3) is 4.19. The van der Waals surface area contributed by atoms with E-state index in [0.717, 1.165) is 31.7 Å². The van der Waals surface area contributed by atoms with Gasteiger partial charge in [-0.1, -0.05) is 30.3 Å². The van der Waals surface area contributed by atoms with Crippen LogP contribution in [-0.2, 0) is 13.0 Å². The minimum atomic E-state index is 0.686. The number of benzene rings is 1. The number of hydrogen-bond acceptors (Lipinski definition) is 3. The first-order chi connectivity index (χ1) is 9.29. The van der Waals surface area contributed by atoms with Crippen LogP contribution in [0.5, 0.6) is 0 Å². The van der Waals surface area contributed by atoms with Crippen LogP contribution in [0.15, 0.2) is 36.5 Å². The summed E-state index contributed by atoms with van der Waals surface area (Å²) in [7, 11) is 0. The molecule has 0 spiro atoms. The minimum Gasteiger partial charge on any atom is -0.329 e. The zero-order chi connectivity index (χ0) is 13.5. The fourth-order valence-corrected chi connectivity index (χ4v) is 2.16. The normalized spacial score (nSPS) is 11.1. The molecule has 4 nitrogen and oxygen atoms in total. The highest BCUT2D eigenvalue weighted by molar-refractivity contribution is 5.16. The van der Waals surface area contributed by atoms with Crippen LogP contribution in [0.4, 0.5) is 0 Å². The molecular weight excluding hydrogens is 236 g/mol. The summed E-state index contributed by atoms with van der Waals surface area (Å²) in [6, 6.07) is 10.6. The molecule has 102 valence electrons. The number of aryl methyl sites for hydroxylation is 1. The largest absolute Gasteiger partial charge is 0.329 e. The van der Waals surface area contributed by atoms with Crippen molar-refractivity contribution in [2.75, 3.05) is 19.6 Å². The average molecular weight is 258 g/mol. The highest BCUT2D eigenvalue weighted by atomic mass is 15.1. The van der Waals surface area contributed by atoms with Gasteiger partial charge >= 0.3 is 0 Å². The van der Waals surface area contributed by atoms with Crippen LogP contribution >= 0.6 is 0 Å². The molecule has 0 aliphatic heterocycles. The lowest BCUT2D eigenvalue weighted by molar-refractivity contribution is 0.276. The highest BCUT2D eigenvalue weighted by Crippen LogP contribution is 2.08. The van der Waals surface area contributed by atoms with Crippen LogP contribution in [0.25, 0.3) is 0 Å². The summed E-state index contributed by atoms with van der Waals surface area (Å²) in [5.74, 6) is 0. The maximum Gasteiger partial charge on any atom is 0.0535 e. The van der Waals surface area contributed by atoms with Gasteiger partial charge in [0.15, 0.2) is 0 Å². The molecule has 19 heavy (non-hydrogen) atoms. The fraction of sp³-hybridized carbons (Fsp3) is 0.400. The summed E-state index contributed by atoms with van der Waals surface area (Å²) in [5.41, 5.74) is 9.46. The van der Waals surface area contributed by atoms with Crippen molar-refractivity contribution >= 4 is 0 Å². The van der Waals surface area contributed by atoms with Gasteiger partial charge in [0.25, 0.3) is 0 Å². The highest BCUT2D eigenvalue weighted by Gasteiger charge is 2.08. The summed E-state index contributed by atoms with van der Waals surface area (Å²) in [6.45, 7) is 5.58. The molecule has 1 aromatic heterocycles. The van der Waals surface area contributed by atoms with Gasteiger partial charge in [-0.05, 0) is 18.9 Å². The SMILES string of the molecule is Cc1[nH]ncc1CN(CCN)CCc1ccccc1. The van der Waals surface area contributed by atoms with Gasteiger partial charge < -0.3 is 5.73 Å². The fourth-order valence-electron chi connectivity index (χ4n) is 2.16. The number of nitrogens with one attached hydrogen (secondary N) is 1. The number of hydrogen-bond donors (Lipinski definition) is 2. The average Bonchev–Trinajstić information content (AvgIpc) is 2.83. The van der Waals surface area contributed by atoms with Crippen LogP contribution in [0.1, 0.15) is 16.8 Å². The number of nitrogens with zero attached hydrogens (tertiary/aromatic N) is 2. The quantitative estimate of drug-likeness (QED) is 0.795. The Labute approximate surface area is 114 Å². The van der Waals surface area contributed by atoms with E-state index in [1.54, 1.807) is 0 Å². The van der Waals surface area contributed by atoms with Crippen LogP contribution in [0.2, 0.25) is 0 Å². The Morgan fingerprint density at radius 3 is 2.63 bits per heavy atom. The van der Waals surface area contributed by atoms with E-state index in [0.29, 0.717) is 6.54 Å². The third-order valence-corrected chi connectivity index (χ3v) is 3.33. The van der Waals surface area contributed by atoms with Crippen molar-refractivity contribution in [2.45, 2.75) is 19.9 Å². The van der Waals surface area contributed by atoms with E-state index in [1.165, 1.54) is 11.1 Å². The van der Waals surface area contributed by atoms with Crippen molar-refractivity contribution in [3.8, 4) is 0 Å². The second-order valence-corrected chi connectivity index (χ2v) is 4.82. The van der Waals surface area contributed by atoms with Gasteiger partial charge in [-0.2, -0.15) is 5.10 Å². The number of rotatable bonds is 7. The standard InChI is InChI=1S/C15H22N4/c1-13-15(11-17-18-13)12-19(10-8-16)9-7-14-5-3-2-4-6-14/h2-6,11H,7-10,12,16H2,1H3,(H,17,18). The lowest BCUT2D eigenvalue weighted by atomic mass is 10.1. The molecule has 0 unspecified atom stereocenters. The number of aromatic nitrogens is 2. The smallest absolute Gasteiger partial charge is 0.0535 e. The number of H-pyrrole nitrogens is 1. The van der Waals surface area contributed by atoms with E-state index < -0.39 is 0 Å². The van der Waals surface area contributed by atoms with Gasteiger partial charge in [-0.25, -0.2) is 0 Å². The summed E-state index contributed by atoms with van der Waals surface area (Å²) in [5, 5.41) is 7.05. The molecular formula is C15H22N4. The first kappa shape index (κ1) is 13.8. The van der Waals surface area contributed by atoms with Crippen molar-refractivity contribution in [1.82, 2.24) is 15.1 Å². The summed E-state index contributed by atoms with van der Waals surface area (Å²) in [4.78, 5) is 2.38. The Kier molecular flexibility index (Phi) is 5.12. The number of aromatic amines is 1. The Morgan fingerprint density at radius 1 is 1.21 bits per heavy atom. The van der Waals surface area contributed by atoms with E-state index in [9.17, 15) is 0 Å². The molecule has 0 amide bonds. The third-order valence-electron chi connectivity index (χ3n) is 3.33. The second kappa shape index (κ2) is 7.07. The molecule has 4 heteroatoms. The van der Waals surface area contributed by atoms with Crippen LogP contribution in [-0.4, -0.2) is 34.7 Å². The predicted molar refractivity (Wildman–Crippen MR) is 77.8 cm³/mol. The maximum absolute atomic E-state index is 5.70. The lowest BCUT2D eigenvalue weighted by Crippen LogP contribution is -2.31. The first-order valence-corrected chi connectivity index (χ1v) is 6.75. The predicted octanol–water partition coefficient (Wildman–Crippen LogP) is 1.72. The van der Waals surface area contributed by atoms with E-state index >= 15 is 0 Å². The molecule has 0 saturated carbocycles. The molecule has 2 aromatic rings. The van der Waals surface area contributed by atoms with E-state index in [1.807, 2.05) is 6.20 Å². The van der Waals surface area contributed by atoms with Gasteiger partial charge in [0, 0.05) is 37.4 Å². The van der Waals surface area contributed by atoms with Gasteiger partial charge in [0.1, 0.15) is 0 Å². The van der Waals surface area contributed by atoms with Crippen molar-refractivity contribution in [1.29, 1.82) is 0 Å². The van der Waals surface area contributed by atoms with E-state index in [4.69, 9.17) is 5.73 Å². The molecule has 0 saturated heterocycles. The Morgan fingerprint density at radius 2 is 2.00 bits per heavy atom. The van der Waals surface area contributed by atoms with Crippen molar-refractivity contribution < 1.29 is 0 Å². The van der Waals surface area contributed by atoms with E-state index in [2.05, 4.69) is 52.4 Å². The zero-order valence-corrected chi connectivity index (χ0v) is 11.5. The Balaban J connectivity index is 1.91. The molecule has 0 aliphatic carbocycles. The maximum atomic E-state index is 5.70. The molecule has 0 fully saturated rings. The molecule has 0 radical (unpaired) electrons. The first-order valence-electron chi connectivity index (χ1n) is 6.75.